The standard InChI is InChI=1S/C13H19NO3SSi/c1-2-4-13(5-3-1)18-12-19-15-9-6-14(7-10-16-19)8-11-17-19/h1-5H,6-12H2. The highest BCUT2D eigenvalue weighted by Gasteiger charge is 2.44. The van der Waals surface area contributed by atoms with Gasteiger partial charge in [0, 0.05) is 24.5 Å². The van der Waals surface area contributed by atoms with Crippen LogP contribution in [0.1, 0.15) is 0 Å². The zero-order chi connectivity index (χ0) is 13.0. The van der Waals surface area contributed by atoms with Gasteiger partial charge in [-0.05, 0) is 12.1 Å². The van der Waals surface area contributed by atoms with Gasteiger partial charge in [-0.3, -0.25) is 4.90 Å². The third-order valence-corrected chi connectivity index (χ3v) is 7.88. The van der Waals surface area contributed by atoms with Gasteiger partial charge in [0.05, 0.1) is 25.2 Å². The first kappa shape index (κ1) is 13.6. The zero-order valence-corrected chi connectivity index (χ0v) is 12.7. The van der Waals surface area contributed by atoms with Crippen LogP contribution in [0.15, 0.2) is 35.2 Å². The van der Waals surface area contributed by atoms with Gasteiger partial charge in [-0.15, -0.1) is 11.8 Å². The predicted molar refractivity (Wildman–Crippen MR) is 77.2 cm³/mol. The summed E-state index contributed by atoms with van der Waals surface area (Å²) in [6.07, 6.45) is 0. The summed E-state index contributed by atoms with van der Waals surface area (Å²) in [4.78, 5) is 3.58. The lowest BCUT2D eigenvalue weighted by atomic mass is 10.4. The van der Waals surface area contributed by atoms with Gasteiger partial charge in [0.25, 0.3) is 0 Å². The average molecular weight is 297 g/mol. The third-order valence-electron chi connectivity index (χ3n) is 3.35. The molecule has 0 N–H and O–H groups in total. The second-order valence-corrected chi connectivity index (χ2v) is 8.82. The van der Waals surface area contributed by atoms with E-state index in [-0.39, 0.29) is 0 Å². The van der Waals surface area contributed by atoms with Crippen LogP contribution in [0.3, 0.4) is 0 Å². The molecule has 2 bridgehead atoms. The Labute approximate surface area is 119 Å². The van der Waals surface area contributed by atoms with Gasteiger partial charge >= 0.3 is 8.80 Å². The van der Waals surface area contributed by atoms with E-state index in [1.54, 1.807) is 11.8 Å². The molecule has 1 aromatic carbocycles. The van der Waals surface area contributed by atoms with Crippen LogP contribution in [0, 0.1) is 0 Å². The van der Waals surface area contributed by atoms with Gasteiger partial charge in [0.2, 0.25) is 0 Å². The van der Waals surface area contributed by atoms with Crippen molar-refractivity contribution >= 4 is 20.6 Å². The first-order chi connectivity index (χ1) is 9.36. The van der Waals surface area contributed by atoms with Crippen molar-refractivity contribution < 1.29 is 13.3 Å². The van der Waals surface area contributed by atoms with Crippen LogP contribution in [0.5, 0.6) is 0 Å². The van der Waals surface area contributed by atoms with E-state index in [4.69, 9.17) is 13.3 Å². The molecule has 1 aromatic rings. The Kier molecular flexibility index (Phi) is 4.57. The van der Waals surface area contributed by atoms with Gasteiger partial charge in [-0.2, -0.15) is 0 Å². The number of hydrogen-bond donors (Lipinski definition) is 0. The summed E-state index contributed by atoms with van der Waals surface area (Å²) in [5.74, 6) is 0. The maximum absolute atomic E-state index is 6.00. The van der Waals surface area contributed by atoms with Crippen molar-refractivity contribution in [1.82, 2.24) is 4.90 Å². The minimum atomic E-state index is -2.47. The Balaban J connectivity index is 1.65. The van der Waals surface area contributed by atoms with Gasteiger partial charge in [-0.25, -0.2) is 0 Å². The fourth-order valence-electron chi connectivity index (χ4n) is 2.26. The molecule has 104 valence electrons. The van der Waals surface area contributed by atoms with E-state index in [2.05, 4.69) is 29.2 Å². The molecule has 0 saturated carbocycles. The van der Waals surface area contributed by atoms with Crippen molar-refractivity contribution in [3.05, 3.63) is 30.3 Å². The Hall–Kier alpha value is -0.373. The number of nitrogens with zero attached hydrogens (tertiary/aromatic N) is 1. The van der Waals surface area contributed by atoms with Crippen LogP contribution in [0.4, 0.5) is 0 Å². The molecular formula is C13H19NO3SSi. The summed E-state index contributed by atoms with van der Waals surface area (Å²) in [5.41, 5.74) is 0. The SMILES string of the molecule is c1ccc(SC[Si]23OCCN(CCO2)CCO3)cc1. The summed E-state index contributed by atoms with van der Waals surface area (Å²) in [7, 11) is -2.47. The minimum Gasteiger partial charge on any atom is -0.372 e. The molecule has 4 rings (SSSR count). The first-order valence-electron chi connectivity index (χ1n) is 6.68. The van der Waals surface area contributed by atoms with Gasteiger partial charge in [-0.1, -0.05) is 18.2 Å². The monoisotopic (exact) mass is 297 g/mol. The second-order valence-electron chi connectivity index (χ2n) is 4.67. The van der Waals surface area contributed by atoms with E-state index in [1.165, 1.54) is 4.90 Å². The number of fused-ring (bicyclic) bond motifs is 6. The molecule has 0 atom stereocenters. The Morgan fingerprint density at radius 1 is 0.947 bits per heavy atom. The normalized spacial score (nSPS) is 31.5. The predicted octanol–water partition coefficient (Wildman–Crippen LogP) is 1.64. The molecular weight excluding hydrogens is 278 g/mol. The van der Waals surface area contributed by atoms with Crippen molar-refractivity contribution in [3.63, 3.8) is 0 Å². The molecule has 3 saturated heterocycles. The molecule has 3 fully saturated rings. The maximum atomic E-state index is 6.00. The first-order valence-corrected chi connectivity index (χ1v) is 9.60. The molecule has 3 heterocycles. The molecule has 4 nitrogen and oxygen atoms in total. The van der Waals surface area contributed by atoms with Crippen molar-refractivity contribution in [1.29, 1.82) is 0 Å². The zero-order valence-electron chi connectivity index (χ0n) is 10.9. The summed E-state index contributed by atoms with van der Waals surface area (Å²) >= 11 is 1.77. The molecule has 0 radical (unpaired) electrons. The summed E-state index contributed by atoms with van der Waals surface area (Å²) in [5, 5.41) is 0.803. The smallest absolute Gasteiger partial charge is 0.372 e. The summed E-state index contributed by atoms with van der Waals surface area (Å²) in [6, 6.07) is 10.4. The van der Waals surface area contributed by atoms with Gasteiger partial charge in [0.15, 0.2) is 0 Å². The van der Waals surface area contributed by atoms with E-state index < -0.39 is 8.80 Å². The van der Waals surface area contributed by atoms with Crippen molar-refractivity contribution in [2.24, 2.45) is 0 Å². The molecule has 0 unspecified atom stereocenters. The van der Waals surface area contributed by atoms with Crippen LogP contribution in [-0.4, -0.2) is 58.5 Å². The molecule has 0 aromatic heterocycles. The molecule has 3 aliphatic heterocycles. The number of rotatable bonds is 3. The van der Waals surface area contributed by atoms with Crippen LogP contribution in [0.2, 0.25) is 0 Å². The quantitative estimate of drug-likeness (QED) is 0.625. The maximum Gasteiger partial charge on any atom is 0.511 e. The van der Waals surface area contributed by atoms with Crippen LogP contribution in [0.25, 0.3) is 0 Å². The van der Waals surface area contributed by atoms with Crippen LogP contribution < -0.4 is 0 Å². The number of hydrogen-bond acceptors (Lipinski definition) is 5. The molecule has 6 heteroatoms. The van der Waals surface area contributed by atoms with Crippen molar-refractivity contribution in [3.8, 4) is 0 Å². The average Bonchev–Trinajstić information content (AvgIpc) is 2.37. The number of thioether (sulfide) groups is 1. The molecule has 0 amide bonds. The minimum absolute atomic E-state index is 0.724. The Morgan fingerprint density at radius 2 is 1.53 bits per heavy atom. The van der Waals surface area contributed by atoms with Crippen LogP contribution in [-0.2, 0) is 13.3 Å². The van der Waals surface area contributed by atoms with E-state index in [1.807, 2.05) is 6.07 Å². The van der Waals surface area contributed by atoms with Gasteiger partial charge < -0.3 is 13.3 Å². The van der Waals surface area contributed by atoms with Crippen LogP contribution >= 0.6 is 11.8 Å². The van der Waals surface area contributed by atoms with Gasteiger partial charge in [0.1, 0.15) is 0 Å². The highest BCUT2D eigenvalue weighted by atomic mass is 32.2. The molecule has 0 aliphatic carbocycles. The van der Waals surface area contributed by atoms with Crippen molar-refractivity contribution in [2.75, 3.05) is 44.8 Å². The Bertz CT molecular complexity index is 380. The highest BCUT2D eigenvalue weighted by Crippen LogP contribution is 2.25. The largest absolute Gasteiger partial charge is 0.511 e. The third kappa shape index (κ3) is 3.59. The molecule has 3 aliphatic rings. The topological polar surface area (TPSA) is 30.9 Å². The lowest BCUT2D eigenvalue weighted by Gasteiger charge is -2.37. The Morgan fingerprint density at radius 3 is 2.11 bits per heavy atom. The van der Waals surface area contributed by atoms with Crippen molar-refractivity contribution in [2.45, 2.75) is 4.90 Å². The fraction of sp³-hybridized carbons (Fsp3) is 0.538. The van der Waals surface area contributed by atoms with E-state index >= 15 is 0 Å². The summed E-state index contributed by atoms with van der Waals surface area (Å²) < 4.78 is 18.0. The fourth-order valence-corrected chi connectivity index (χ4v) is 6.44. The van der Waals surface area contributed by atoms with E-state index in [0.29, 0.717) is 0 Å². The lowest BCUT2D eigenvalue weighted by molar-refractivity contribution is -0.00443. The highest BCUT2D eigenvalue weighted by molar-refractivity contribution is 8.00. The summed E-state index contributed by atoms with van der Waals surface area (Å²) in [6.45, 7) is 5.16. The van der Waals surface area contributed by atoms with E-state index in [0.717, 1.165) is 44.8 Å². The molecule has 0 spiro atoms. The molecule has 19 heavy (non-hydrogen) atoms. The lowest BCUT2D eigenvalue weighted by Crippen LogP contribution is -2.57. The van der Waals surface area contributed by atoms with E-state index in [9.17, 15) is 0 Å². The second kappa shape index (κ2) is 6.38. The number of benzene rings is 1.